The standard InChI is InChI=1S/C13H28O4Si/c1-11(15)16-10-8-12(7-9-14)17-18(5,6)13(2,3)4/h12,14H,7-10H2,1-6H3/t12-/m1/s1. The maximum Gasteiger partial charge on any atom is 0.302 e. The zero-order valence-electron chi connectivity index (χ0n) is 12.6. The summed E-state index contributed by atoms with van der Waals surface area (Å²) in [5, 5.41) is 9.21. The van der Waals surface area contributed by atoms with Gasteiger partial charge in [0.15, 0.2) is 8.32 Å². The van der Waals surface area contributed by atoms with Crippen molar-refractivity contribution in [1.29, 1.82) is 0 Å². The van der Waals surface area contributed by atoms with E-state index in [2.05, 4.69) is 33.9 Å². The van der Waals surface area contributed by atoms with Crippen LogP contribution in [0.5, 0.6) is 0 Å². The highest BCUT2D eigenvalue weighted by molar-refractivity contribution is 6.74. The van der Waals surface area contributed by atoms with E-state index in [1.54, 1.807) is 0 Å². The minimum Gasteiger partial charge on any atom is -0.466 e. The van der Waals surface area contributed by atoms with E-state index in [4.69, 9.17) is 14.3 Å². The van der Waals surface area contributed by atoms with Crippen molar-refractivity contribution in [2.24, 2.45) is 0 Å². The third kappa shape index (κ3) is 6.52. The number of hydrogen-bond donors (Lipinski definition) is 1. The number of rotatable bonds is 7. The zero-order valence-corrected chi connectivity index (χ0v) is 13.6. The molecule has 5 heteroatoms. The molecule has 0 saturated carbocycles. The fourth-order valence-corrected chi connectivity index (χ4v) is 2.76. The van der Waals surface area contributed by atoms with Gasteiger partial charge in [-0.05, 0) is 24.6 Å². The molecule has 18 heavy (non-hydrogen) atoms. The van der Waals surface area contributed by atoms with Crippen molar-refractivity contribution in [3.63, 3.8) is 0 Å². The van der Waals surface area contributed by atoms with Crippen LogP contribution in [0.4, 0.5) is 0 Å². The van der Waals surface area contributed by atoms with Gasteiger partial charge in [0, 0.05) is 20.0 Å². The quantitative estimate of drug-likeness (QED) is 0.574. The number of ether oxygens (including phenoxy) is 1. The van der Waals surface area contributed by atoms with Gasteiger partial charge in [-0.15, -0.1) is 0 Å². The molecule has 0 spiro atoms. The highest BCUT2D eigenvalue weighted by atomic mass is 28.4. The molecule has 0 aromatic heterocycles. The van der Waals surface area contributed by atoms with Crippen molar-refractivity contribution < 1.29 is 19.1 Å². The molecule has 0 fully saturated rings. The third-order valence-corrected chi connectivity index (χ3v) is 8.00. The first-order valence-corrected chi connectivity index (χ1v) is 9.43. The Labute approximate surface area is 112 Å². The van der Waals surface area contributed by atoms with E-state index in [1.165, 1.54) is 6.92 Å². The van der Waals surface area contributed by atoms with Gasteiger partial charge in [-0.3, -0.25) is 4.79 Å². The second-order valence-corrected chi connectivity index (χ2v) is 10.9. The fraction of sp³-hybridized carbons (Fsp3) is 0.923. The first kappa shape index (κ1) is 17.6. The normalized spacial score (nSPS) is 14.4. The molecule has 0 aliphatic heterocycles. The van der Waals surface area contributed by atoms with E-state index in [9.17, 15) is 4.79 Å². The lowest BCUT2D eigenvalue weighted by atomic mass is 10.2. The Morgan fingerprint density at radius 3 is 2.22 bits per heavy atom. The van der Waals surface area contributed by atoms with E-state index >= 15 is 0 Å². The van der Waals surface area contributed by atoms with Crippen LogP contribution in [0.15, 0.2) is 0 Å². The molecule has 0 bridgehead atoms. The van der Waals surface area contributed by atoms with Crippen molar-refractivity contribution in [2.45, 2.75) is 64.8 Å². The molecule has 4 nitrogen and oxygen atoms in total. The summed E-state index contributed by atoms with van der Waals surface area (Å²) in [5.41, 5.74) is 0. The Morgan fingerprint density at radius 2 is 1.83 bits per heavy atom. The van der Waals surface area contributed by atoms with Crippen LogP contribution in [0.3, 0.4) is 0 Å². The summed E-state index contributed by atoms with van der Waals surface area (Å²) < 4.78 is 11.1. The van der Waals surface area contributed by atoms with Crippen molar-refractivity contribution in [3.8, 4) is 0 Å². The minimum atomic E-state index is -1.83. The van der Waals surface area contributed by atoms with Gasteiger partial charge in [0.25, 0.3) is 0 Å². The van der Waals surface area contributed by atoms with E-state index in [0.29, 0.717) is 19.4 Å². The Bertz CT molecular complexity index is 258. The van der Waals surface area contributed by atoms with Crippen molar-refractivity contribution in [3.05, 3.63) is 0 Å². The Kier molecular flexibility index (Phi) is 7.10. The number of carbonyl (C=O) groups excluding carboxylic acids is 1. The van der Waals surface area contributed by atoms with Crippen LogP contribution in [0.1, 0.15) is 40.5 Å². The Hall–Kier alpha value is -0.393. The first-order valence-electron chi connectivity index (χ1n) is 6.52. The van der Waals surface area contributed by atoms with Crippen LogP contribution in [-0.2, 0) is 14.0 Å². The lowest BCUT2D eigenvalue weighted by Gasteiger charge is -2.39. The highest BCUT2D eigenvalue weighted by Crippen LogP contribution is 2.37. The monoisotopic (exact) mass is 276 g/mol. The predicted octanol–water partition coefficient (Wildman–Crippen LogP) is 2.71. The summed E-state index contributed by atoms with van der Waals surface area (Å²) in [6.07, 6.45) is 1.20. The van der Waals surface area contributed by atoms with Gasteiger partial charge >= 0.3 is 5.97 Å². The van der Waals surface area contributed by atoms with Crippen LogP contribution < -0.4 is 0 Å². The van der Waals surface area contributed by atoms with E-state index in [-0.39, 0.29) is 23.7 Å². The number of carbonyl (C=O) groups is 1. The molecular weight excluding hydrogens is 248 g/mol. The SMILES string of the molecule is CC(=O)OCC[C@@H](CCO)O[Si](C)(C)C(C)(C)C. The van der Waals surface area contributed by atoms with Crippen molar-refractivity contribution in [1.82, 2.24) is 0 Å². The van der Waals surface area contributed by atoms with Gasteiger partial charge in [-0.25, -0.2) is 0 Å². The molecule has 0 aliphatic rings. The lowest BCUT2D eigenvalue weighted by Crippen LogP contribution is -2.44. The van der Waals surface area contributed by atoms with Gasteiger partial charge in [0.2, 0.25) is 0 Å². The van der Waals surface area contributed by atoms with Crippen molar-refractivity contribution >= 4 is 14.3 Å². The molecule has 1 atom stereocenters. The molecule has 0 heterocycles. The number of hydrogen-bond acceptors (Lipinski definition) is 4. The zero-order chi connectivity index (χ0) is 14.4. The van der Waals surface area contributed by atoms with E-state index < -0.39 is 8.32 Å². The van der Waals surface area contributed by atoms with Crippen LogP contribution in [-0.4, -0.2) is 38.7 Å². The van der Waals surface area contributed by atoms with Gasteiger partial charge < -0.3 is 14.3 Å². The average Bonchev–Trinajstić information content (AvgIpc) is 2.14. The van der Waals surface area contributed by atoms with E-state index in [0.717, 1.165) is 0 Å². The van der Waals surface area contributed by atoms with Crippen LogP contribution in [0.2, 0.25) is 18.1 Å². The first-order chi connectivity index (χ1) is 8.10. The van der Waals surface area contributed by atoms with Gasteiger partial charge in [0.05, 0.1) is 12.7 Å². The second-order valence-electron chi connectivity index (χ2n) is 6.14. The maximum absolute atomic E-state index is 10.7. The topological polar surface area (TPSA) is 55.8 Å². The molecule has 0 rings (SSSR count). The largest absolute Gasteiger partial charge is 0.466 e. The summed E-state index contributed by atoms with van der Waals surface area (Å²) in [6.45, 7) is 12.8. The second kappa shape index (κ2) is 7.26. The van der Waals surface area contributed by atoms with Crippen LogP contribution >= 0.6 is 0 Å². The number of aliphatic hydroxyl groups is 1. The molecular formula is C13H28O4Si. The highest BCUT2D eigenvalue weighted by Gasteiger charge is 2.38. The van der Waals surface area contributed by atoms with E-state index in [1.807, 2.05) is 0 Å². The maximum atomic E-state index is 10.7. The molecule has 0 unspecified atom stereocenters. The summed E-state index contributed by atoms with van der Waals surface area (Å²) in [6, 6.07) is 0. The molecule has 0 amide bonds. The van der Waals surface area contributed by atoms with Gasteiger partial charge in [-0.2, -0.15) is 0 Å². The number of esters is 1. The summed E-state index contributed by atoms with van der Waals surface area (Å²) in [7, 11) is -1.83. The summed E-state index contributed by atoms with van der Waals surface area (Å²) in [4.78, 5) is 10.7. The average molecular weight is 276 g/mol. The van der Waals surface area contributed by atoms with Gasteiger partial charge in [0.1, 0.15) is 0 Å². The summed E-state index contributed by atoms with van der Waals surface area (Å²) in [5.74, 6) is -0.273. The van der Waals surface area contributed by atoms with Crippen LogP contribution in [0.25, 0.3) is 0 Å². The smallest absolute Gasteiger partial charge is 0.302 e. The van der Waals surface area contributed by atoms with Crippen molar-refractivity contribution in [2.75, 3.05) is 13.2 Å². The molecule has 0 aromatic carbocycles. The predicted molar refractivity (Wildman–Crippen MR) is 75.0 cm³/mol. The Morgan fingerprint density at radius 1 is 1.28 bits per heavy atom. The molecule has 0 radical (unpaired) electrons. The third-order valence-electron chi connectivity index (χ3n) is 3.46. The molecule has 0 saturated heterocycles. The minimum absolute atomic E-state index is 0.0322. The number of aliphatic hydroxyl groups excluding tert-OH is 1. The fourth-order valence-electron chi connectivity index (χ4n) is 1.33. The molecule has 0 aliphatic carbocycles. The molecule has 0 aromatic rings. The van der Waals surface area contributed by atoms with Gasteiger partial charge in [-0.1, -0.05) is 20.8 Å². The summed E-state index contributed by atoms with van der Waals surface area (Å²) >= 11 is 0. The lowest BCUT2D eigenvalue weighted by molar-refractivity contribution is -0.141. The molecule has 1 N–H and O–H groups in total. The Balaban J connectivity index is 4.38. The van der Waals surface area contributed by atoms with Crippen LogP contribution in [0, 0.1) is 0 Å². The molecule has 108 valence electrons.